The summed E-state index contributed by atoms with van der Waals surface area (Å²) in [6.07, 6.45) is 0.960. The number of rotatable bonds is 6. The average molecular weight is 350 g/mol. The summed E-state index contributed by atoms with van der Waals surface area (Å²) in [6.45, 7) is 9.22. The molecule has 2 rings (SSSR count). The first-order chi connectivity index (χ1) is 10.1. The fourth-order valence-corrected chi connectivity index (χ4v) is 3.25. The Bertz CT molecular complexity index is 604. The Morgan fingerprint density at radius 2 is 1.90 bits per heavy atom. The maximum Gasteiger partial charge on any atom is 0.0767 e. The number of hydrogen-bond acceptors (Lipinski definition) is 2. The Morgan fingerprint density at radius 1 is 1.19 bits per heavy atom. The minimum atomic E-state index is 0.899. The van der Waals surface area contributed by atoms with Crippen LogP contribution in [0.5, 0.6) is 0 Å². The largest absolute Gasteiger partial charge is 0.296 e. The summed E-state index contributed by atoms with van der Waals surface area (Å²) in [6, 6.07) is 8.58. The van der Waals surface area contributed by atoms with Crippen LogP contribution >= 0.6 is 15.9 Å². The van der Waals surface area contributed by atoms with Crippen molar-refractivity contribution < 1.29 is 0 Å². The van der Waals surface area contributed by atoms with Gasteiger partial charge in [0.2, 0.25) is 0 Å². The van der Waals surface area contributed by atoms with E-state index in [1.807, 2.05) is 0 Å². The molecule has 2 aromatic rings. The molecule has 0 radical (unpaired) electrons. The van der Waals surface area contributed by atoms with Crippen molar-refractivity contribution in [3.05, 3.63) is 51.3 Å². The van der Waals surface area contributed by atoms with Crippen LogP contribution in [0.2, 0.25) is 0 Å². The second-order valence-corrected chi connectivity index (χ2v) is 6.27. The highest BCUT2D eigenvalue weighted by Crippen LogP contribution is 2.24. The van der Waals surface area contributed by atoms with Crippen molar-refractivity contribution in [2.45, 2.75) is 46.8 Å². The summed E-state index contributed by atoms with van der Waals surface area (Å²) >= 11 is 3.72. The van der Waals surface area contributed by atoms with Crippen molar-refractivity contribution in [2.75, 3.05) is 7.05 Å². The number of hydrogen-bond donors (Lipinski definition) is 0. The van der Waals surface area contributed by atoms with Gasteiger partial charge in [0.05, 0.1) is 15.9 Å². The molecule has 0 aliphatic heterocycles. The molecule has 0 amide bonds. The molecule has 0 fully saturated rings. The van der Waals surface area contributed by atoms with Gasteiger partial charge in [0.15, 0.2) is 0 Å². The van der Waals surface area contributed by atoms with Gasteiger partial charge in [-0.3, -0.25) is 9.58 Å². The van der Waals surface area contributed by atoms with Gasteiger partial charge >= 0.3 is 0 Å². The minimum absolute atomic E-state index is 0.899. The van der Waals surface area contributed by atoms with Gasteiger partial charge in [-0.2, -0.15) is 5.10 Å². The van der Waals surface area contributed by atoms with Gasteiger partial charge in [0, 0.05) is 19.6 Å². The fraction of sp³-hybridized carbons (Fsp3) is 0.471. The fourth-order valence-electron chi connectivity index (χ4n) is 2.56. The molecular weight excluding hydrogens is 326 g/mol. The zero-order valence-corrected chi connectivity index (χ0v) is 14.9. The number of halogens is 1. The normalized spacial score (nSPS) is 11.3. The molecule has 0 N–H and O–H groups in total. The topological polar surface area (TPSA) is 21.1 Å². The molecule has 0 saturated heterocycles. The lowest BCUT2D eigenvalue weighted by Gasteiger charge is -2.19. The van der Waals surface area contributed by atoms with Crippen LogP contribution in [0.3, 0.4) is 0 Å². The van der Waals surface area contributed by atoms with E-state index in [4.69, 9.17) is 0 Å². The minimum Gasteiger partial charge on any atom is -0.296 e. The van der Waals surface area contributed by atoms with Crippen molar-refractivity contribution in [1.29, 1.82) is 0 Å². The lowest BCUT2D eigenvalue weighted by Crippen LogP contribution is -2.20. The van der Waals surface area contributed by atoms with E-state index < -0.39 is 0 Å². The van der Waals surface area contributed by atoms with Crippen LogP contribution in [0, 0.1) is 6.92 Å². The van der Waals surface area contributed by atoms with E-state index in [1.165, 1.54) is 21.3 Å². The summed E-state index contributed by atoms with van der Waals surface area (Å²) in [5, 5.41) is 4.67. The lowest BCUT2D eigenvalue weighted by molar-refractivity contribution is 0.306. The standard InChI is InChI=1S/C17H24BrN3/c1-5-15-17(18)16(21(6-2)19-15)12-20(4)11-14-10-8-7-9-13(14)3/h7-10H,5-6,11-12H2,1-4H3. The predicted molar refractivity (Wildman–Crippen MR) is 91.3 cm³/mol. The van der Waals surface area contributed by atoms with Crippen molar-refractivity contribution >= 4 is 15.9 Å². The molecule has 1 aromatic carbocycles. The summed E-state index contributed by atoms with van der Waals surface area (Å²) in [4.78, 5) is 2.34. The SMILES string of the molecule is CCc1nn(CC)c(CN(C)Cc2ccccc2C)c1Br. The maximum absolute atomic E-state index is 4.67. The first-order valence-corrected chi connectivity index (χ1v) is 8.33. The number of nitrogens with zero attached hydrogens (tertiary/aromatic N) is 3. The Balaban J connectivity index is 2.14. The van der Waals surface area contributed by atoms with Crippen LogP contribution in [-0.2, 0) is 26.1 Å². The number of benzene rings is 1. The van der Waals surface area contributed by atoms with E-state index in [1.54, 1.807) is 0 Å². The number of aryl methyl sites for hydroxylation is 3. The Hall–Kier alpha value is -1.13. The molecule has 0 atom stereocenters. The summed E-state index contributed by atoms with van der Waals surface area (Å²) in [5.74, 6) is 0. The van der Waals surface area contributed by atoms with Crippen molar-refractivity contribution in [3.8, 4) is 0 Å². The third-order valence-electron chi connectivity index (χ3n) is 3.82. The molecule has 1 aromatic heterocycles. The molecule has 0 aliphatic rings. The van der Waals surface area contributed by atoms with Crippen LogP contribution in [0.1, 0.15) is 36.4 Å². The van der Waals surface area contributed by atoms with Gasteiger partial charge in [-0.1, -0.05) is 31.2 Å². The van der Waals surface area contributed by atoms with Gasteiger partial charge in [0.1, 0.15) is 0 Å². The summed E-state index contributed by atoms with van der Waals surface area (Å²) < 4.78 is 3.28. The molecule has 114 valence electrons. The summed E-state index contributed by atoms with van der Waals surface area (Å²) in [5.41, 5.74) is 5.15. The van der Waals surface area contributed by atoms with Crippen LogP contribution in [0.4, 0.5) is 0 Å². The molecule has 0 unspecified atom stereocenters. The first-order valence-electron chi connectivity index (χ1n) is 7.53. The molecule has 21 heavy (non-hydrogen) atoms. The highest BCUT2D eigenvalue weighted by molar-refractivity contribution is 9.10. The van der Waals surface area contributed by atoms with Gasteiger partial charge in [0.25, 0.3) is 0 Å². The second kappa shape index (κ2) is 7.23. The molecule has 0 spiro atoms. The third kappa shape index (κ3) is 3.74. The quantitative estimate of drug-likeness (QED) is 0.780. The van der Waals surface area contributed by atoms with Gasteiger partial charge in [-0.15, -0.1) is 0 Å². The molecule has 1 heterocycles. The van der Waals surface area contributed by atoms with Crippen LogP contribution in [-0.4, -0.2) is 21.7 Å². The van der Waals surface area contributed by atoms with Crippen LogP contribution < -0.4 is 0 Å². The number of aromatic nitrogens is 2. The maximum atomic E-state index is 4.67. The highest BCUT2D eigenvalue weighted by Gasteiger charge is 2.15. The average Bonchev–Trinajstić information content (AvgIpc) is 2.77. The highest BCUT2D eigenvalue weighted by atomic mass is 79.9. The Morgan fingerprint density at radius 3 is 2.52 bits per heavy atom. The second-order valence-electron chi connectivity index (χ2n) is 5.48. The monoisotopic (exact) mass is 349 g/mol. The van der Waals surface area contributed by atoms with Gasteiger partial charge in [-0.25, -0.2) is 0 Å². The zero-order valence-electron chi connectivity index (χ0n) is 13.4. The van der Waals surface area contributed by atoms with E-state index in [2.05, 4.69) is 82.7 Å². The lowest BCUT2D eigenvalue weighted by atomic mass is 10.1. The molecule has 3 nitrogen and oxygen atoms in total. The Kier molecular flexibility index (Phi) is 5.59. The molecule has 0 bridgehead atoms. The Labute approximate surface area is 136 Å². The molecular formula is C17H24BrN3. The van der Waals surface area contributed by atoms with Crippen LogP contribution in [0.25, 0.3) is 0 Å². The van der Waals surface area contributed by atoms with E-state index in [0.29, 0.717) is 0 Å². The smallest absolute Gasteiger partial charge is 0.0767 e. The predicted octanol–water partition coefficient (Wildman–Crippen LogP) is 4.17. The van der Waals surface area contributed by atoms with E-state index in [0.717, 1.165) is 31.7 Å². The van der Waals surface area contributed by atoms with E-state index in [-0.39, 0.29) is 0 Å². The van der Waals surface area contributed by atoms with E-state index in [9.17, 15) is 0 Å². The molecule has 0 saturated carbocycles. The van der Waals surface area contributed by atoms with E-state index >= 15 is 0 Å². The summed E-state index contributed by atoms with van der Waals surface area (Å²) in [7, 11) is 2.16. The van der Waals surface area contributed by atoms with Gasteiger partial charge < -0.3 is 0 Å². The first kappa shape index (κ1) is 16.2. The van der Waals surface area contributed by atoms with Crippen LogP contribution in [0.15, 0.2) is 28.7 Å². The zero-order chi connectivity index (χ0) is 15.4. The molecule has 0 aliphatic carbocycles. The van der Waals surface area contributed by atoms with Crippen molar-refractivity contribution in [1.82, 2.24) is 14.7 Å². The van der Waals surface area contributed by atoms with Gasteiger partial charge in [-0.05, 0) is 54.4 Å². The third-order valence-corrected chi connectivity index (χ3v) is 4.73. The molecule has 4 heteroatoms. The van der Waals surface area contributed by atoms with Crippen molar-refractivity contribution in [3.63, 3.8) is 0 Å². The van der Waals surface area contributed by atoms with Crippen molar-refractivity contribution in [2.24, 2.45) is 0 Å².